The second-order valence-corrected chi connectivity index (χ2v) is 8.41. The van der Waals surface area contributed by atoms with Gasteiger partial charge in [0.05, 0.1) is 0 Å². The Kier molecular flexibility index (Phi) is 8.20. The third-order valence-corrected chi connectivity index (χ3v) is 6.41. The van der Waals surface area contributed by atoms with Gasteiger partial charge in [-0.3, -0.25) is 14.4 Å². The fraction of sp³-hybridized carbons (Fsp3) is 0.423. The van der Waals surface area contributed by atoms with E-state index in [2.05, 4.69) is 5.32 Å². The van der Waals surface area contributed by atoms with E-state index in [0.29, 0.717) is 50.1 Å². The number of rotatable bonds is 7. The maximum atomic E-state index is 13.3. The smallest absolute Gasteiger partial charge is 0.254 e. The maximum absolute atomic E-state index is 13.3. The third kappa shape index (κ3) is 5.78. The largest absolute Gasteiger partial charge is 0.341 e. The highest BCUT2D eigenvalue weighted by atomic mass is 19.1. The molecule has 6 nitrogen and oxygen atoms in total. The van der Waals surface area contributed by atoms with Crippen molar-refractivity contribution in [2.45, 2.75) is 39.7 Å². The van der Waals surface area contributed by atoms with Crippen molar-refractivity contribution in [1.82, 2.24) is 15.1 Å². The Labute approximate surface area is 194 Å². The summed E-state index contributed by atoms with van der Waals surface area (Å²) in [5.41, 5.74) is 1.93. The molecule has 0 saturated carbocycles. The molecule has 1 N–H and O–H groups in total. The minimum absolute atomic E-state index is 0.00600. The molecule has 0 spiro atoms. The quantitative estimate of drug-likeness (QED) is 0.696. The van der Waals surface area contributed by atoms with E-state index in [1.54, 1.807) is 4.90 Å². The van der Waals surface area contributed by atoms with E-state index < -0.39 is 17.8 Å². The first-order valence-corrected chi connectivity index (χ1v) is 11.6. The summed E-state index contributed by atoms with van der Waals surface area (Å²) in [7, 11) is 0. The van der Waals surface area contributed by atoms with Gasteiger partial charge in [-0.05, 0) is 75.4 Å². The summed E-state index contributed by atoms with van der Waals surface area (Å²) in [4.78, 5) is 42.6. The summed E-state index contributed by atoms with van der Waals surface area (Å²) >= 11 is 0. The average Bonchev–Trinajstić information content (AvgIpc) is 2.83. The number of likely N-dealkylation sites (N-methyl/N-ethyl adjacent to an activating group) is 1. The summed E-state index contributed by atoms with van der Waals surface area (Å²) in [5, 5.41) is 2.90. The van der Waals surface area contributed by atoms with Crippen molar-refractivity contribution in [3.05, 3.63) is 71.0 Å². The number of carbonyl (C=O) groups excluding carboxylic acids is 3. The van der Waals surface area contributed by atoms with Crippen molar-refractivity contribution in [2.75, 3.05) is 26.2 Å². The van der Waals surface area contributed by atoms with Crippen LogP contribution in [0.5, 0.6) is 0 Å². The Bertz CT molecular complexity index is 981. The summed E-state index contributed by atoms with van der Waals surface area (Å²) in [6.07, 6.45) is 1.22. The van der Waals surface area contributed by atoms with Crippen LogP contribution in [0, 0.1) is 18.7 Å². The van der Waals surface area contributed by atoms with Gasteiger partial charge < -0.3 is 15.1 Å². The zero-order chi connectivity index (χ0) is 24.0. The molecule has 1 heterocycles. The van der Waals surface area contributed by atoms with Gasteiger partial charge in [-0.25, -0.2) is 4.39 Å². The number of likely N-dealkylation sites (tertiary alicyclic amines) is 1. The monoisotopic (exact) mass is 453 g/mol. The van der Waals surface area contributed by atoms with E-state index in [-0.39, 0.29) is 17.7 Å². The number of benzene rings is 2. The molecule has 0 bridgehead atoms. The first-order chi connectivity index (χ1) is 15.8. The Balaban J connectivity index is 1.73. The SMILES string of the molecule is CCN(CC)C(=O)[C@@H](NC(=O)c1ccc(F)cc1)C1CCN(C(=O)c2ccccc2C)CC1. The average molecular weight is 454 g/mol. The molecular weight excluding hydrogens is 421 g/mol. The normalized spacial score (nSPS) is 15.1. The van der Waals surface area contributed by atoms with E-state index in [4.69, 9.17) is 0 Å². The van der Waals surface area contributed by atoms with Gasteiger partial charge in [0.25, 0.3) is 11.8 Å². The standard InChI is InChI=1S/C26H32FN3O3/c1-4-29(5-2)26(33)23(28-24(31)20-10-12-21(27)13-11-20)19-14-16-30(17-15-19)25(32)22-9-7-6-8-18(22)3/h6-13,19,23H,4-5,14-17H2,1-3H3,(H,28,31)/t23-/m0/s1. The minimum Gasteiger partial charge on any atom is -0.341 e. The second kappa shape index (κ2) is 11.1. The summed E-state index contributed by atoms with van der Waals surface area (Å²) in [6, 6.07) is 12.1. The van der Waals surface area contributed by atoms with Gasteiger partial charge in [0.2, 0.25) is 5.91 Å². The van der Waals surface area contributed by atoms with Crippen LogP contribution in [0.3, 0.4) is 0 Å². The number of aryl methyl sites for hydroxylation is 1. The lowest BCUT2D eigenvalue weighted by Crippen LogP contribution is -2.54. The minimum atomic E-state index is -0.696. The number of halogens is 1. The van der Waals surface area contributed by atoms with Gasteiger partial charge in [-0.1, -0.05) is 18.2 Å². The number of nitrogens with zero attached hydrogens (tertiary/aromatic N) is 2. The molecule has 3 rings (SSSR count). The van der Waals surface area contributed by atoms with E-state index >= 15 is 0 Å². The zero-order valence-corrected chi connectivity index (χ0v) is 19.5. The molecule has 1 fully saturated rings. The number of hydrogen-bond donors (Lipinski definition) is 1. The van der Waals surface area contributed by atoms with Crippen LogP contribution in [-0.4, -0.2) is 59.7 Å². The zero-order valence-electron chi connectivity index (χ0n) is 19.5. The predicted octanol–water partition coefficient (Wildman–Crippen LogP) is 3.65. The molecule has 0 aromatic heterocycles. The van der Waals surface area contributed by atoms with Gasteiger partial charge in [0, 0.05) is 37.3 Å². The van der Waals surface area contributed by atoms with Crippen LogP contribution in [0.1, 0.15) is 53.0 Å². The molecule has 2 aromatic carbocycles. The van der Waals surface area contributed by atoms with Crippen LogP contribution in [0.25, 0.3) is 0 Å². The third-order valence-electron chi connectivity index (χ3n) is 6.41. The molecular formula is C26H32FN3O3. The van der Waals surface area contributed by atoms with Crippen LogP contribution in [0.15, 0.2) is 48.5 Å². The first kappa shape index (κ1) is 24.4. The van der Waals surface area contributed by atoms with E-state index in [1.807, 2.05) is 49.9 Å². The van der Waals surface area contributed by atoms with Crippen molar-refractivity contribution >= 4 is 17.7 Å². The number of nitrogens with one attached hydrogen (secondary N) is 1. The number of hydrogen-bond acceptors (Lipinski definition) is 3. The number of carbonyl (C=O) groups is 3. The molecule has 1 aliphatic heterocycles. The van der Waals surface area contributed by atoms with E-state index in [0.717, 1.165) is 5.56 Å². The Morgan fingerprint density at radius 3 is 2.21 bits per heavy atom. The van der Waals surface area contributed by atoms with Gasteiger partial charge in [0.15, 0.2) is 0 Å². The Morgan fingerprint density at radius 1 is 1.03 bits per heavy atom. The highest BCUT2D eigenvalue weighted by Gasteiger charge is 2.36. The fourth-order valence-electron chi connectivity index (χ4n) is 4.36. The number of amides is 3. The maximum Gasteiger partial charge on any atom is 0.254 e. The molecule has 0 aliphatic carbocycles. The summed E-state index contributed by atoms with van der Waals surface area (Å²) in [6.45, 7) is 7.86. The molecule has 176 valence electrons. The van der Waals surface area contributed by atoms with Crippen LogP contribution in [0.4, 0.5) is 4.39 Å². The molecule has 33 heavy (non-hydrogen) atoms. The van der Waals surface area contributed by atoms with Gasteiger partial charge in [0.1, 0.15) is 11.9 Å². The Morgan fingerprint density at radius 2 is 1.64 bits per heavy atom. The van der Waals surface area contributed by atoms with Crippen molar-refractivity contribution in [2.24, 2.45) is 5.92 Å². The van der Waals surface area contributed by atoms with Crippen LogP contribution in [-0.2, 0) is 4.79 Å². The van der Waals surface area contributed by atoms with Crippen molar-refractivity contribution < 1.29 is 18.8 Å². The molecule has 1 aliphatic rings. The molecule has 7 heteroatoms. The molecule has 2 aromatic rings. The van der Waals surface area contributed by atoms with Crippen LogP contribution in [0.2, 0.25) is 0 Å². The predicted molar refractivity (Wildman–Crippen MR) is 125 cm³/mol. The lowest BCUT2D eigenvalue weighted by Gasteiger charge is -2.37. The Hall–Kier alpha value is -3.22. The fourth-order valence-corrected chi connectivity index (χ4v) is 4.36. The topological polar surface area (TPSA) is 69.7 Å². The summed E-state index contributed by atoms with van der Waals surface area (Å²) < 4.78 is 13.3. The van der Waals surface area contributed by atoms with Gasteiger partial charge in [-0.2, -0.15) is 0 Å². The molecule has 0 unspecified atom stereocenters. The molecule has 1 saturated heterocycles. The highest BCUT2D eigenvalue weighted by Crippen LogP contribution is 2.24. The summed E-state index contributed by atoms with van der Waals surface area (Å²) in [5.74, 6) is -1.05. The lowest BCUT2D eigenvalue weighted by atomic mass is 9.87. The van der Waals surface area contributed by atoms with Crippen molar-refractivity contribution in [3.8, 4) is 0 Å². The van der Waals surface area contributed by atoms with Crippen molar-refractivity contribution in [1.29, 1.82) is 0 Å². The molecule has 0 radical (unpaired) electrons. The molecule has 3 amide bonds. The highest BCUT2D eigenvalue weighted by molar-refractivity contribution is 5.98. The van der Waals surface area contributed by atoms with Crippen LogP contribution >= 0.6 is 0 Å². The lowest BCUT2D eigenvalue weighted by molar-refractivity contribution is -0.134. The first-order valence-electron chi connectivity index (χ1n) is 11.6. The molecule has 1 atom stereocenters. The van der Waals surface area contributed by atoms with Crippen molar-refractivity contribution in [3.63, 3.8) is 0 Å². The van der Waals surface area contributed by atoms with Gasteiger partial charge >= 0.3 is 0 Å². The second-order valence-electron chi connectivity index (χ2n) is 8.41. The van der Waals surface area contributed by atoms with Gasteiger partial charge in [-0.15, -0.1) is 0 Å². The van der Waals surface area contributed by atoms with E-state index in [9.17, 15) is 18.8 Å². The number of piperidine rings is 1. The van der Waals surface area contributed by atoms with Crippen LogP contribution < -0.4 is 5.32 Å². The van der Waals surface area contributed by atoms with E-state index in [1.165, 1.54) is 24.3 Å².